The molecule has 0 aliphatic carbocycles. The van der Waals surface area contributed by atoms with E-state index in [1.54, 1.807) is 12.1 Å². The van der Waals surface area contributed by atoms with Gasteiger partial charge in [0.1, 0.15) is 5.75 Å². The highest BCUT2D eigenvalue weighted by Gasteiger charge is 2.13. The van der Waals surface area contributed by atoms with Gasteiger partial charge in [-0.15, -0.1) is 6.58 Å². The van der Waals surface area contributed by atoms with Gasteiger partial charge in [0.15, 0.2) is 0 Å². The van der Waals surface area contributed by atoms with Crippen LogP contribution in [0.4, 0.5) is 0 Å². The molecule has 1 fully saturated rings. The molecule has 6 heteroatoms. The number of allylic oxidation sites excluding steroid dienone is 1. The molecule has 22 heavy (non-hydrogen) atoms. The van der Waals surface area contributed by atoms with Crippen molar-refractivity contribution in [2.24, 2.45) is 5.10 Å². The summed E-state index contributed by atoms with van der Waals surface area (Å²) in [6, 6.07) is 5.39. The number of para-hydroxylation sites is 1. The minimum atomic E-state index is -0.181. The lowest BCUT2D eigenvalue weighted by Gasteiger charge is -2.25. The third kappa shape index (κ3) is 4.68. The van der Waals surface area contributed by atoms with Crippen molar-refractivity contribution in [1.82, 2.24) is 10.3 Å². The van der Waals surface area contributed by atoms with Crippen molar-refractivity contribution in [3.05, 3.63) is 42.0 Å². The standard InChI is InChI=1S/C16H21N3O3/c1-2-4-13-5-3-6-14(16(13)21)11-17-18-15(20)12-19-7-9-22-10-8-19/h2-3,5-6,11,21H,1,4,7-10,12H2,(H,18,20). The number of morpholine rings is 1. The number of rotatable bonds is 6. The van der Waals surface area contributed by atoms with Crippen LogP contribution in [0.2, 0.25) is 0 Å². The molecule has 1 heterocycles. The van der Waals surface area contributed by atoms with Gasteiger partial charge in [0, 0.05) is 18.7 Å². The Morgan fingerprint density at radius 1 is 1.45 bits per heavy atom. The van der Waals surface area contributed by atoms with Gasteiger partial charge in [0.2, 0.25) is 0 Å². The number of phenols is 1. The van der Waals surface area contributed by atoms with Gasteiger partial charge in [0.25, 0.3) is 5.91 Å². The molecular formula is C16H21N3O3. The molecule has 0 radical (unpaired) electrons. The number of amides is 1. The molecule has 1 amide bonds. The van der Waals surface area contributed by atoms with Crippen molar-refractivity contribution in [3.8, 4) is 5.75 Å². The van der Waals surface area contributed by atoms with Crippen molar-refractivity contribution < 1.29 is 14.6 Å². The zero-order valence-electron chi connectivity index (χ0n) is 12.5. The van der Waals surface area contributed by atoms with Crippen LogP contribution in [0.15, 0.2) is 36.0 Å². The predicted octanol–water partition coefficient (Wildman–Crippen LogP) is 0.903. The maximum atomic E-state index is 11.8. The Balaban J connectivity index is 1.87. The Morgan fingerprint density at radius 3 is 2.95 bits per heavy atom. The number of nitrogens with one attached hydrogen (secondary N) is 1. The number of aromatic hydroxyl groups is 1. The molecule has 1 aliphatic rings. The number of hydrazone groups is 1. The minimum absolute atomic E-state index is 0.161. The van der Waals surface area contributed by atoms with Crippen molar-refractivity contribution in [2.75, 3.05) is 32.8 Å². The van der Waals surface area contributed by atoms with Gasteiger partial charge in [-0.3, -0.25) is 9.69 Å². The number of carbonyl (C=O) groups excluding carboxylic acids is 1. The molecule has 0 atom stereocenters. The summed E-state index contributed by atoms with van der Waals surface area (Å²) in [4.78, 5) is 13.8. The van der Waals surface area contributed by atoms with Crippen LogP contribution < -0.4 is 5.43 Å². The Hall–Kier alpha value is -2.18. The summed E-state index contributed by atoms with van der Waals surface area (Å²) in [5, 5.41) is 14.0. The number of hydrogen-bond acceptors (Lipinski definition) is 5. The summed E-state index contributed by atoms with van der Waals surface area (Å²) in [7, 11) is 0. The Labute approximate surface area is 130 Å². The highest BCUT2D eigenvalue weighted by molar-refractivity contribution is 5.86. The van der Waals surface area contributed by atoms with Gasteiger partial charge in [0.05, 0.1) is 26.0 Å². The van der Waals surface area contributed by atoms with Gasteiger partial charge >= 0.3 is 0 Å². The molecule has 118 valence electrons. The molecular weight excluding hydrogens is 282 g/mol. The first-order valence-corrected chi connectivity index (χ1v) is 7.24. The molecule has 0 bridgehead atoms. The smallest absolute Gasteiger partial charge is 0.254 e. The summed E-state index contributed by atoms with van der Waals surface area (Å²) in [6.07, 6.45) is 3.75. The monoisotopic (exact) mass is 303 g/mol. The summed E-state index contributed by atoms with van der Waals surface area (Å²) >= 11 is 0. The van der Waals surface area contributed by atoms with Crippen LogP contribution >= 0.6 is 0 Å². The highest BCUT2D eigenvalue weighted by Crippen LogP contribution is 2.21. The van der Waals surface area contributed by atoms with Crippen LogP contribution in [0.1, 0.15) is 11.1 Å². The van der Waals surface area contributed by atoms with Crippen molar-refractivity contribution in [3.63, 3.8) is 0 Å². The molecule has 1 aromatic rings. The molecule has 2 rings (SSSR count). The highest BCUT2D eigenvalue weighted by atomic mass is 16.5. The van der Waals surface area contributed by atoms with E-state index in [-0.39, 0.29) is 11.7 Å². The molecule has 2 N–H and O–H groups in total. The molecule has 0 spiro atoms. The zero-order valence-corrected chi connectivity index (χ0v) is 12.5. The molecule has 0 aromatic heterocycles. The first kappa shape index (κ1) is 16.2. The number of ether oxygens (including phenoxy) is 1. The van der Waals surface area contributed by atoms with Crippen LogP contribution in [0.3, 0.4) is 0 Å². The lowest BCUT2D eigenvalue weighted by molar-refractivity contribution is -0.123. The van der Waals surface area contributed by atoms with E-state index in [4.69, 9.17) is 4.74 Å². The van der Waals surface area contributed by atoms with E-state index in [1.807, 2.05) is 17.0 Å². The second-order valence-electron chi connectivity index (χ2n) is 5.03. The predicted molar refractivity (Wildman–Crippen MR) is 85.0 cm³/mol. The first-order chi connectivity index (χ1) is 10.7. The minimum Gasteiger partial charge on any atom is -0.507 e. The maximum absolute atomic E-state index is 11.8. The van der Waals surface area contributed by atoms with Crippen molar-refractivity contribution in [1.29, 1.82) is 0 Å². The van der Waals surface area contributed by atoms with Crippen LogP contribution in [0.25, 0.3) is 0 Å². The SMILES string of the molecule is C=CCc1cccc(C=NNC(=O)CN2CCOCC2)c1O. The first-order valence-electron chi connectivity index (χ1n) is 7.24. The Kier molecular flexibility index (Phi) is 6.12. The number of carbonyl (C=O) groups is 1. The van der Waals surface area contributed by atoms with Gasteiger partial charge in [-0.25, -0.2) is 5.43 Å². The number of phenolic OH excluding ortho intramolecular Hbond substituents is 1. The lowest BCUT2D eigenvalue weighted by atomic mass is 10.1. The third-order valence-corrected chi connectivity index (χ3v) is 3.38. The van der Waals surface area contributed by atoms with E-state index in [0.717, 1.165) is 18.7 Å². The van der Waals surface area contributed by atoms with E-state index in [0.29, 0.717) is 31.7 Å². The topological polar surface area (TPSA) is 74.2 Å². The summed E-state index contributed by atoms with van der Waals surface area (Å²) in [6.45, 7) is 6.76. The largest absolute Gasteiger partial charge is 0.507 e. The van der Waals surface area contributed by atoms with Gasteiger partial charge in [-0.1, -0.05) is 18.2 Å². The molecule has 1 aliphatic heterocycles. The number of benzene rings is 1. The molecule has 6 nitrogen and oxygen atoms in total. The number of hydrogen-bond donors (Lipinski definition) is 2. The van der Waals surface area contributed by atoms with E-state index in [1.165, 1.54) is 6.21 Å². The fourth-order valence-electron chi connectivity index (χ4n) is 2.21. The van der Waals surface area contributed by atoms with Crippen molar-refractivity contribution in [2.45, 2.75) is 6.42 Å². The van der Waals surface area contributed by atoms with E-state index >= 15 is 0 Å². The summed E-state index contributed by atoms with van der Waals surface area (Å²) < 4.78 is 5.23. The van der Waals surface area contributed by atoms with Crippen LogP contribution in [0.5, 0.6) is 5.75 Å². The maximum Gasteiger partial charge on any atom is 0.254 e. The molecule has 0 saturated carbocycles. The zero-order chi connectivity index (χ0) is 15.8. The van der Waals surface area contributed by atoms with Crippen LogP contribution in [-0.2, 0) is 16.0 Å². The van der Waals surface area contributed by atoms with E-state index < -0.39 is 0 Å². The third-order valence-electron chi connectivity index (χ3n) is 3.38. The average molecular weight is 303 g/mol. The van der Waals surface area contributed by atoms with Crippen LogP contribution in [0, 0.1) is 0 Å². The van der Waals surface area contributed by atoms with Gasteiger partial charge < -0.3 is 9.84 Å². The van der Waals surface area contributed by atoms with Gasteiger partial charge in [-0.2, -0.15) is 5.10 Å². The second kappa shape index (κ2) is 8.31. The normalized spacial score (nSPS) is 15.8. The van der Waals surface area contributed by atoms with Crippen molar-refractivity contribution >= 4 is 12.1 Å². The van der Waals surface area contributed by atoms with Gasteiger partial charge in [-0.05, 0) is 18.1 Å². The Bertz CT molecular complexity index is 552. The fourth-order valence-corrected chi connectivity index (χ4v) is 2.21. The van der Waals surface area contributed by atoms with Crippen LogP contribution in [-0.4, -0.2) is 55.0 Å². The quantitative estimate of drug-likeness (QED) is 0.465. The summed E-state index contributed by atoms with van der Waals surface area (Å²) in [5.41, 5.74) is 3.81. The summed E-state index contributed by atoms with van der Waals surface area (Å²) in [5.74, 6) is -0.0199. The molecule has 0 unspecified atom stereocenters. The lowest BCUT2D eigenvalue weighted by Crippen LogP contribution is -2.42. The fraction of sp³-hybridized carbons (Fsp3) is 0.375. The molecule has 1 aromatic carbocycles. The number of nitrogens with zero attached hydrogens (tertiary/aromatic N) is 2. The average Bonchev–Trinajstić information content (AvgIpc) is 2.52. The molecule has 1 saturated heterocycles. The van der Waals surface area contributed by atoms with E-state index in [9.17, 15) is 9.90 Å². The Morgan fingerprint density at radius 2 is 2.23 bits per heavy atom. The van der Waals surface area contributed by atoms with E-state index in [2.05, 4.69) is 17.1 Å². The second-order valence-corrected chi connectivity index (χ2v) is 5.03.